The molecule has 0 bridgehead atoms. The fourth-order valence-corrected chi connectivity index (χ4v) is 2.33. The van der Waals surface area contributed by atoms with Crippen LogP contribution in [0, 0.1) is 0 Å². The molecule has 2 aromatic rings. The minimum absolute atomic E-state index is 0.166. The SMILES string of the molecule is COc1ccc(C(F)(F)F)cc1Nc1cc(Cl)nc(C2CC2)n1. The molecular formula is C15H13ClF3N3O. The summed E-state index contributed by atoms with van der Waals surface area (Å²) < 4.78 is 43.7. The van der Waals surface area contributed by atoms with Crippen LogP contribution in [0.2, 0.25) is 5.15 Å². The quantitative estimate of drug-likeness (QED) is 0.812. The lowest BCUT2D eigenvalue weighted by Gasteiger charge is -2.14. The molecule has 1 N–H and O–H groups in total. The minimum atomic E-state index is -4.44. The van der Waals surface area contributed by atoms with Gasteiger partial charge in [0.1, 0.15) is 22.5 Å². The van der Waals surface area contributed by atoms with Gasteiger partial charge in [0.05, 0.1) is 18.4 Å². The number of nitrogens with one attached hydrogen (secondary N) is 1. The highest BCUT2D eigenvalue weighted by atomic mass is 35.5. The molecule has 0 radical (unpaired) electrons. The lowest BCUT2D eigenvalue weighted by Crippen LogP contribution is -2.07. The van der Waals surface area contributed by atoms with E-state index in [0.717, 1.165) is 25.0 Å². The molecule has 1 aliphatic carbocycles. The van der Waals surface area contributed by atoms with Crippen LogP contribution in [0.15, 0.2) is 24.3 Å². The molecule has 1 saturated carbocycles. The summed E-state index contributed by atoms with van der Waals surface area (Å²) in [4.78, 5) is 8.45. The Balaban J connectivity index is 1.95. The lowest BCUT2D eigenvalue weighted by molar-refractivity contribution is -0.137. The van der Waals surface area contributed by atoms with Crippen LogP contribution in [0.5, 0.6) is 5.75 Å². The first kappa shape index (κ1) is 15.9. The molecule has 0 spiro atoms. The van der Waals surface area contributed by atoms with Gasteiger partial charge in [-0.15, -0.1) is 0 Å². The molecule has 0 saturated heterocycles. The topological polar surface area (TPSA) is 47.0 Å². The number of methoxy groups -OCH3 is 1. The van der Waals surface area contributed by atoms with Crippen LogP contribution < -0.4 is 10.1 Å². The van der Waals surface area contributed by atoms with Crippen molar-refractivity contribution in [3.8, 4) is 5.75 Å². The summed E-state index contributed by atoms with van der Waals surface area (Å²) in [7, 11) is 1.39. The number of anilines is 2. The van der Waals surface area contributed by atoms with E-state index >= 15 is 0 Å². The van der Waals surface area contributed by atoms with Gasteiger partial charge in [-0.25, -0.2) is 9.97 Å². The Morgan fingerprint density at radius 1 is 1.22 bits per heavy atom. The fraction of sp³-hybridized carbons (Fsp3) is 0.333. The van der Waals surface area contributed by atoms with Crippen molar-refractivity contribution in [1.29, 1.82) is 0 Å². The van der Waals surface area contributed by atoms with E-state index in [2.05, 4.69) is 15.3 Å². The predicted molar refractivity (Wildman–Crippen MR) is 80.3 cm³/mol. The highest BCUT2D eigenvalue weighted by Crippen LogP contribution is 2.40. The molecule has 4 nitrogen and oxygen atoms in total. The van der Waals surface area contributed by atoms with Gasteiger partial charge in [-0.05, 0) is 31.0 Å². The first-order valence-corrected chi connectivity index (χ1v) is 7.31. The van der Waals surface area contributed by atoms with Crippen molar-refractivity contribution in [2.45, 2.75) is 24.9 Å². The molecule has 3 rings (SSSR count). The predicted octanol–water partition coefficient (Wildman–Crippen LogP) is 4.78. The number of halogens is 4. The molecule has 122 valence electrons. The molecule has 0 unspecified atom stereocenters. The van der Waals surface area contributed by atoms with Crippen LogP contribution >= 0.6 is 11.6 Å². The Labute approximate surface area is 135 Å². The van der Waals surface area contributed by atoms with Gasteiger partial charge in [-0.3, -0.25) is 0 Å². The Kier molecular flexibility index (Phi) is 4.06. The number of hydrogen-bond donors (Lipinski definition) is 1. The average Bonchev–Trinajstić information content (AvgIpc) is 3.30. The van der Waals surface area contributed by atoms with E-state index in [1.807, 2.05) is 0 Å². The standard InChI is InChI=1S/C15H13ClF3N3O/c1-23-11-5-4-9(15(17,18)19)6-10(11)20-13-7-12(16)21-14(22-13)8-2-3-8/h4-8H,2-3H2,1H3,(H,20,21,22). The van der Waals surface area contributed by atoms with Gasteiger partial charge in [0, 0.05) is 12.0 Å². The summed E-state index contributed by atoms with van der Waals surface area (Å²) in [6.45, 7) is 0. The molecule has 1 heterocycles. The number of nitrogens with zero attached hydrogens (tertiary/aromatic N) is 2. The van der Waals surface area contributed by atoms with Gasteiger partial charge in [0.25, 0.3) is 0 Å². The molecule has 8 heteroatoms. The van der Waals surface area contributed by atoms with Crippen LogP contribution in [0.25, 0.3) is 0 Å². The van der Waals surface area contributed by atoms with E-state index in [1.54, 1.807) is 0 Å². The molecule has 1 fully saturated rings. The monoisotopic (exact) mass is 343 g/mol. The van der Waals surface area contributed by atoms with Crippen LogP contribution in [-0.4, -0.2) is 17.1 Å². The van der Waals surface area contributed by atoms with E-state index in [-0.39, 0.29) is 22.5 Å². The fourth-order valence-electron chi connectivity index (χ4n) is 2.14. The second-order valence-electron chi connectivity index (χ2n) is 5.25. The van der Waals surface area contributed by atoms with Gasteiger partial charge in [0.2, 0.25) is 0 Å². The first-order chi connectivity index (χ1) is 10.9. The molecule has 0 aliphatic heterocycles. The molecule has 23 heavy (non-hydrogen) atoms. The van der Waals surface area contributed by atoms with Crippen LogP contribution in [0.1, 0.15) is 30.1 Å². The Bertz CT molecular complexity index is 732. The Hall–Kier alpha value is -2.02. The van der Waals surface area contributed by atoms with Gasteiger partial charge >= 0.3 is 6.18 Å². The van der Waals surface area contributed by atoms with Crippen LogP contribution in [0.4, 0.5) is 24.7 Å². The van der Waals surface area contributed by atoms with Gasteiger partial charge in [0.15, 0.2) is 0 Å². The van der Waals surface area contributed by atoms with Crippen molar-refractivity contribution in [2.75, 3.05) is 12.4 Å². The third-order valence-corrected chi connectivity index (χ3v) is 3.64. The van der Waals surface area contributed by atoms with Crippen molar-refractivity contribution in [1.82, 2.24) is 9.97 Å². The number of rotatable bonds is 4. The average molecular weight is 344 g/mol. The molecule has 0 atom stereocenters. The first-order valence-electron chi connectivity index (χ1n) is 6.93. The number of ether oxygens (including phenoxy) is 1. The zero-order valence-corrected chi connectivity index (χ0v) is 12.9. The van der Waals surface area contributed by atoms with Gasteiger partial charge in [-0.1, -0.05) is 11.6 Å². The van der Waals surface area contributed by atoms with Gasteiger partial charge < -0.3 is 10.1 Å². The lowest BCUT2D eigenvalue weighted by atomic mass is 10.1. The zero-order chi connectivity index (χ0) is 16.6. The van der Waals surface area contributed by atoms with Gasteiger partial charge in [-0.2, -0.15) is 13.2 Å². The second kappa shape index (κ2) is 5.88. The smallest absolute Gasteiger partial charge is 0.416 e. The van der Waals surface area contributed by atoms with Crippen LogP contribution in [0.3, 0.4) is 0 Å². The normalized spacial score (nSPS) is 14.7. The van der Waals surface area contributed by atoms with Crippen molar-refractivity contribution in [2.24, 2.45) is 0 Å². The summed E-state index contributed by atoms with van der Waals surface area (Å²) in [5.74, 6) is 1.49. The minimum Gasteiger partial charge on any atom is -0.495 e. The maximum Gasteiger partial charge on any atom is 0.416 e. The summed E-state index contributed by atoms with van der Waals surface area (Å²) in [6.07, 6.45) is -2.45. The van der Waals surface area contributed by atoms with Crippen molar-refractivity contribution in [3.05, 3.63) is 40.8 Å². The number of aromatic nitrogens is 2. The summed E-state index contributed by atoms with van der Waals surface area (Å²) >= 11 is 5.96. The summed E-state index contributed by atoms with van der Waals surface area (Å²) in [6, 6.07) is 4.67. The van der Waals surface area contributed by atoms with Crippen molar-refractivity contribution in [3.63, 3.8) is 0 Å². The van der Waals surface area contributed by atoms with Crippen molar-refractivity contribution < 1.29 is 17.9 Å². The third kappa shape index (κ3) is 3.67. The zero-order valence-electron chi connectivity index (χ0n) is 12.1. The summed E-state index contributed by atoms with van der Waals surface area (Å²) in [5, 5.41) is 3.08. The molecule has 1 aromatic heterocycles. The summed E-state index contributed by atoms with van der Waals surface area (Å²) in [5.41, 5.74) is -0.609. The largest absolute Gasteiger partial charge is 0.495 e. The number of hydrogen-bond acceptors (Lipinski definition) is 4. The Morgan fingerprint density at radius 3 is 2.57 bits per heavy atom. The highest BCUT2D eigenvalue weighted by molar-refractivity contribution is 6.29. The van der Waals surface area contributed by atoms with Crippen molar-refractivity contribution >= 4 is 23.1 Å². The van der Waals surface area contributed by atoms with E-state index in [9.17, 15) is 13.2 Å². The van der Waals surface area contributed by atoms with Crippen LogP contribution in [-0.2, 0) is 6.18 Å². The van der Waals surface area contributed by atoms with E-state index in [4.69, 9.17) is 16.3 Å². The molecule has 0 amide bonds. The van der Waals surface area contributed by atoms with E-state index in [0.29, 0.717) is 11.6 Å². The molecule has 1 aromatic carbocycles. The molecule has 1 aliphatic rings. The highest BCUT2D eigenvalue weighted by Gasteiger charge is 2.31. The van der Waals surface area contributed by atoms with E-state index in [1.165, 1.54) is 19.2 Å². The van der Waals surface area contributed by atoms with E-state index < -0.39 is 11.7 Å². The Morgan fingerprint density at radius 2 is 1.96 bits per heavy atom. The maximum atomic E-state index is 12.9. The third-order valence-electron chi connectivity index (χ3n) is 3.44. The second-order valence-corrected chi connectivity index (χ2v) is 5.63. The molecular weight excluding hydrogens is 331 g/mol. The maximum absolute atomic E-state index is 12.9. The number of benzene rings is 1. The number of alkyl halides is 3.